The number of halogens is 2. The smallest absolute Gasteiger partial charge is 0.387 e. The Morgan fingerprint density at radius 1 is 1.23 bits per heavy atom. The molecule has 0 spiro atoms. The molecule has 8 heteroatoms. The number of amides is 1. The molecular weight excluding hydrogens is 316 g/mol. The van der Waals surface area contributed by atoms with Gasteiger partial charge in [0.15, 0.2) is 9.84 Å². The first-order valence-corrected chi connectivity index (χ1v) is 8.23. The van der Waals surface area contributed by atoms with Gasteiger partial charge in [0, 0.05) is 12.1 Å². The van der Waals surface area contributed by atoms with Crippen molar-refractivity contribution in [1.82, 2.24) is 5.32 Å². The molecule has 0 aliphatic carbocycles. The lowest BCUT2D eigenvalue weighted by atomic mass is 10.2. The fourth-order valence-electron chi connectivity index (χ4n) is 1.49. The number of hydrogen-bond donors (Lipinski definition) is 1. The van der Waals surface area contributed by atoms with Crippen LogP contribution in [0.1, 0.15) is 31.1 Å². The van der Waals surface area contributed by atoms with E-state index in [9.17, 15) is 22.0 Å². The molecule has 1 aromatic rings. The van der Waals surface area contributed by atoms with Crippen LogP contribution in [0.2, 0.25) is 0 Å². The maximum atomic E-state index is 12.0. The molecule has 22 heavy (non-hydrogen) atoms. The summed E-state index contributed by atoms with van der Waals surface area (Å²) in [6.07, 6.45) is 0. The lowest BCUT2D eigenvalue weighted by Gasteiger charge is -2.19. The molecule has 0 fully saturated rings. The Labute approximate surface area is 128 Å². The molecule has 0 aliphatic rings. The van der Waals surface area contributed by atoms with Gasteiger partial charge in [-0.15, -0.1) is 0 Å². The molecule has 0 unspecified atom stereocenters. The van der Waals surface area contributed by atoms with Gasteiger partial charge in [-0.25, -0.2) is 8.42 Å². The van der Waals surface area contributed by atoms with Crippen molar-refractivity contribution in [3.8, 4) is 5.75 Å². The average molecular weight is 335 g/mol. The molecule has 124 valence electrons. The van der Waals surface area contributed by atoms with Crippen LogP contribution in [0.15, 0.2) is 24.3 Å². The van der Waals surface area contributed by atoms with Gasteiger partial charge >= 0.3 is 6.61 Å². The van der Waals surface area contributed by atoms with Gasteiger partial charge in [-0.2, -0.15) is 8.78 Å². The van der Waals surface area contributed by atoms with E-state index in [0.717, 1.165) is 0 Å². The number of carbonyl (C=O) groups is 1. The fourth-order valence-corrected chi connectivity index (χ4v) is 2.48. The molecular formula is C14H19F2NO4S. The van der Waals surface area contributed by atoms with Crippen LogP contribution < -0.4 is 10.1 Å². The number of rotatable bonds is 6. The number of carbonyl (C=O) groups excluding carboxylic acids is 1. The minimum Gasteiger partial charge on any atom is -0.435 e. The van der Waals surface area contributed by atoms with Gasteiger partial charge in [-0.1, -0.05) is 0 Å². The molecule has 5 nitrogen and oxygen atoms in total. The zero-order chi connectivity index (χ0) is 17.0. The van der Waals surface area contributed by atoms with Crippen molar-refractivity contribution in [1.29, 1.82) is 0 Å². The molecule has 0 atom stereocenters. The molecule has 0 aromatic heterocycles. The summed E-state index contributed by atoms with van der Waals surface area (Å²) in [4.78, 5) is 11.8. The van der Waals surface area contributed by atoms with Crippen molar-refractivity contribution in [3.05, 3.63) is 29.8 Å². The normalized spacial score (nSPS) is 12.3. The van der Waals surface area contributed by atoms with E-state index in [0.29, 0.717) is 0 Å². The molecule has 0 saturated carbocycles. The van der Waals surface area contributed by atoms with Crippen LogP contribution in [0.5, 0.6) is 5.75 Å². The summed E-state index contributed by atoms with van der Waals surface area (Å²) in [5, 5.41) is 2.48. The Bertz CT molecular complexity index is 607. The van der Waals surface area contributed by atoms with E-state index in [-0.39, 0.29) is 23.6 Å². The molecule has 1 rings (SSSR count). The van der Waals surface area contributed by atoms with Crippen molar-refractivity contribution in [2.45, 2.75) is 32.1 Å². The van der Waals surface area contributed by atoms with Crippen molar-refractivity contribution in [3.63, 3.8) is 0 Å². The summed E-state index contributed by atoms with van der Waals surface area (Å²) >= 11 is 0. The largest absolute Gasteiger partial charge is 0.435 e. The second-order valence-corrected chi connectivity index (χ2v) is 8.45. The highest BCUT2D eigenvalue weighted by Crippen LogP contribution is 2.16. The first kappa shape index (κ1) is 18.3. The summed E-state index contributed by atoms with van der Waals surface area (Å²) in [6, 6.07) is 5.14. The van der Waals surface area contributed by atoms with Crippen LogP contribution in [0, 0.1) is 0 Å². The SMILES string of the molecule is CC(C)(C)S(=O)(=O)CCNC(=O)c1ccc(OC(F)F)cc1. The van der Waals surface area contributed by atoms with E-state index in [1.165, 1.54) is 24.3 Å². The first-order valence-electron chi connectivity index (χ1n) is 6.58. The van der Waals surface area contributed by atoms with E-state index in [4.69, 9.17) is 0 Å². The molecule has 1 N–H and O–H groups in total. The average Bonchev–Trinajstić information content (AvgIpc) is 2.37. The van der Waals surface area contributed by atoms with Crippen LogP contribution in [-0.4, -0.2) is 38.0 Å². The maximum absolute atomic E-state index is 12.0. The Balaban J connectivity index is 2.56. The maximum Gasteiger partial charge on any atom is 0.387 e. The van der Waals surface area contributed by atoms with Crippen LogP contribution in [0.3, 0.4) is 0 Å². The van der Waals surface area contributed by atoms with E-state index in [1.807, 2.05) is 0 Å². The third-order valence-corrected chi connectivity index (χ3v) is 5.54. The topological polar surface area (TPSA) is 72.5 Å². The lowest BCUT2D eigenvalue weighted by Crippen LogP contribution is -2.36. The summed E-state index contributed by atoms with van der Waals surface area (Å²) in [5.41, 5.74) is 0.231. The minimum absolute atomic E-state index is 0.0201. The van der Waals surface area contributed by atoms with E-state index in [2.05, 4.69) is 10.1 Å². The quantitative estimate of drug-likeness (QED) is 0.865. The Hall–Kier alpha value is -1.70. The summed E-state index contributed by atoms with van der Waals surface area (Å²) in [6.45, 7) is 1.82. The standard InChI is InChI=1S/C14H19F2NO4S/c1-14(2,3)22(19,20)9-8-17-12(18)10-4-6-11(7-5-10)21-13(15)16/h4-7,13H,8-9H2,1-3H3,(H,17,18). The van der Waals surface area contributed by atoms with Crippen molar-refractivity contribution in [2.24, 2.45) is 0 Å². The van der Waals surface area contributed by atoms with Gasteiger partial charge in [0.2, 0.25) is 0 Å². The van der Waals surface area contributed by atoms with Gasteiger partial charge < -0.3 is 10.1 Å². The monoisotopic (exact) mass is 335 g/mol. The molecule has 0 aliphatic heterocycles. The number of nitrogens with one attached hydrogen (secondary N) is 1. The van der Waals surface area contributed by atoms with E-state index >= 15 is 0 Å². The number of alkyl halides is 2. The second-order valence-electron chi connectivity index (χ2n) is 5.59. The van der Waals surface area contributed by atoms with Crippen molar-refractivity contribution >= 4 is 15.7 Å². The Kier molecular flexibility index (Phi) is 5.87. The highest BCUT2D eigenvalue weighted by molar-refractivity contribution is 7.92. The number of sulfone groups is 1. The van der Waals surface area contributed by atoms with Gasteiger partial charge in [0.1, 0.15) is 5.75 Å². The number of benzene rings is 1. The summed E-state index contributed by atoms with van der Waals surface area (Å²) in [5.74, 6) is -0.705. The summed E-state index contributed by atoms with van der Waals surface area (Å²) in [7, 11) is -3.31. The molecule has 0 radical (unpaired) electrons. The minimum atomic E-state index is -3.31. The van der Waals surface area contributed by atoms with Crippen molar-refractivity contribution < 1.29 is 26.7 Å². The van der Waals surface area contributed by atoms with Gasteiger partial charge in [-0.3, -0.25) is 4.79 Å². The first-order chi connectivity index (χ1) is 10.0. The number of ether oxygens (including phenoxy) is 1. The lowest BCUT2D eigenvalue weighted by molar-refractivity contribution is -0.0498. The second kappa shape index (κ2) is 7.04. The van der Waals surface area contributed by atoms with Crippen LogP contribution in [0.25, 0.3) is 0 Å². The fraction of sp³-hybridized carbons (Fsp3) is 0.500. The zero-order valence-corrected chi connectivity index (χ0v) is 13.4. The predicted octanol–water partition coefficient (Wildman–Crippen LogP) is 2.23. The molecule has 1 aromatic carbocycles. The zero-order valence-electron chi connectivity index (χ0n) is 12.6. The molecule has 0 saturated heterocycles. The van der Waals surface area contributed by atoms with E-state index < -0.39 is 27.1 Å². The highest BCUT2D eigenvalue weighted by Gasteiger charge is 2.28. The predicted molar refractivity (Wildman–Crippen MR) is 78.9 cm³/mol. The summed E-state index contributed by atoms with van der Waals surface area (Å²) < 4.78 is 51.0. The van der Waals surface area contributed by atoms with Crippen molar-refractivity contribution in [2.75, 3.05) is 12.3 Å². The Morgan fingerprint density at radius 2 is 1.77 bits per heavy atom. The Morgan fingerprint density at radius 3 is 2.23 bits per heavy atom. The van der Waals surface area contributed by atoms with Crippen LogP contribution in [-0.2, 0) is 9.84 Å². The van der Waals surface area contributed by atoms with Gasteiger partial charge in [0.25, 0.3) is 5.91 Å². The van der Waals surface area contributed by atoms with Gasteiger partial charge in [-0.05, 0) is 45.0 Å². The van der Waals surface area contributed by atoms with E-state index in [1.54, 1.807) is 20.8 Å². The molecule has 0 bridgehead atoms. The van der Waals surface area contributed by atoms with Crippen LogP contribution >= 0.6 is 0 Å². The third kappa shape index (κ3) is 5.25. The third-order valence-electron chi connectivity index (χ3n) is 2.93. The van der Waals surface area contributed by atoms with Gasteiger partial charge in [0.05, 0.1) is 10.5 Å². The number of hydrogen-bond acceptors (Lipinski definition) is 4. The highest BCUT2D eigenvalue weighted by atomic mass is 32.2. The van der Waals surface area contributed by atoms with Crippen LogP contribution in [0.4, 0.5) is 8.78 Å². The molecule has 0 heterocycles. The molecule has 1 amide bonds.